The van der Waals surface area contributed by atoms with Crippen LogP contribution in [0.4, 0.5) is 0 Å². The smallest absolute Gasteiger partial charge is 0.255 e. The second-order valence-electron chi connectivity index (χ2n) is 9.37. The lowest BCUT2D eigenvalue weighted by Crippen LogP contribution is -2.52. The van der Waals surface area contributed by atoms with Crippen molar-refractivity contribution in [3.63, 3.8) is 0 Å². The zero-order valence-electron chi connectivity index (χ0n) is 18.9. The molecule has 0 saturated carbocycles. The summed E-state index contributed by atoms with van der Waals surface area (Å²) in [6.07, 6.45) is 3.16. The Balaban J connectivity index is 1.31. The van der Waals surface area contributed by atoms with E-state index in [1.165, 1.54) is 0 Å². The van der Waals surface area contributed by atoms with Crippen LogP contribution in [0.25, 0.3) is 0 Å². The van der Waals surface area contributed by atoms with Crippen LogP contribution in [0.15, 0.2) is 42.6 Å². The van der Waals surface area contributed by atoms with Crippen LogP contribution < -0.4 is 9.47 Å². The molecule has 1 aromatic carbocycles. The van der Waals surface area contributed by atoms with Gasteiger partial charge in [-0.25, -0.2) is 4.98 Å². The molecule has 1 fully saturated rings. The number of carbonyl (C=O) groups is 2. The van der Waals surface area contributed by atoms with Crippen molar-refractivity contribution in [3.8, 4) is 11.6 Å². The number of piperidine rings is 1. The summed E-state index contributed by atoms with van der Waals surface area (Å²) in [5, 5.41) is 0. The molecule has 1 spiro atoms. The van der Waals surface area contributed by atoms with Crippen molar-refractivity contribution in [1.29, 1.82) is 0 Å². The fourth-order valence-corrected chi connectivity index (χ4v) is 4.11. The predicted octanol–water partition coefficient (Wildman–Crippen LogP) is 3.92. The van der Waals surface area contributed by atoms with Crippen molar-refractivity contribution in [3.05, 3.63) is 53.7 Å². The van der Waals surface area contributed by atoms with Crippen LogP contribution in [-0.4, -0.2) is 59.1 Å². The van der Waals surface area contributed by atoms with Crippen molar-refractivity contribution in [2.24, 2.45) is 0 Å². The van der Waals surface area contributed by atoms with Gasteiger partial charge in [-0.2, -0.15) is 0 Å². The highest BCUT2D eigenvalue weighted by atomic mass is 16.5. The highest BCUT2D eigenvalue weighted by Crippen LogP contribution is 2.39. The van der Waals surface area contributed by atoms with Gasteiger partial charge in [-0.1, -0.05) is 12.1 Å². The number of carbonyl (C=O) groups excluding carboxylic acids is 2. The topological polar surface area (TPSA) is 78.0 Å². The van der Waals surface area contributed by atoms with E-state index in [1.807, 2.05) is 39.0 Å². The fourth-order valence-electron chi connectivity index (χ4n) is 4.11. The van der Waals surface area contributed by atoms with Gasteiger partial charge in [-0.3, -0.25) is 9.59 Å². The number of Topliss-reactive ketones (excluding diaryl/α,β-unsaturated/α-hetero) is 1. The van der Waals surface area contributed by atoms with Gasteiger partial charge in [-0.05, 0) is 39.0 Å². The molecule has 4 rings (SSSR count). The number of amides is 1. The van der Waals surface area contributed by atoms with Gasteiger partial charge in [0.1, 0.15) is 18.0 Å². The van der Waals surface area contributed by atoms with Crippen molar-refractivity contribution in [2.75, 3.05) is 26.3 Å². The van der Waals surface area contributed by atoms with Gasteiger partial charge in [0.05, 0.1) is 29.8 Å². The highest BCUT2D eigenvalue weighted by molar-refractivity contribution is 6.00. The lowest BCUT2D eigenvalue weighted by molar-refractivity contribution is -0.0168. The van der Waals surface area contributed by atoms with Crippen LogP contribution in [0.2, 0.25) is 0 Å². The number of hydrogen-bond acceptors (Lipinski definition) is 6. The number of pyridine rings is 1. The lowest BCUT2D eigenvalue weighted by atomic mass is 9.82. The maximum atomic E-state index is 12.9. The van der Waals surface area contributed by atoms with Crippen molar-refractivity contribution in [1.82, 2.24) is 9.88 Å². The number of nitrogens with zero attached hydrogens (tertiary/aromatic N) is 2. The molecule has 0 bridgehead atoms. The predicted molar refractivity (Wildman–Crippen MR) is 119 cm³/mol. The minimum absolute atomic E-state index is 0.0718. The molecule has 0 unspecified atom stereocenters. The van der Waals surface area contributed by atoms with E-state index in [2.05, 4.69) is 4.98 Å². The molecule has 32 heavy (non-hydrogen) atoms. The third kappa shape index (κ3) is 5.10. The quantitative estimate of drug-likeness (QED) is 0.659. The first kappa shape index (κ1) is 22.3. The normalized spacial score (nSPS) is 17.6. The molecule has 3 heterocycles. The number of aromatic nitrogens is 1. The minimum Gasteiger partial charge on any atom is -0.486 e. The Morgan fingerprint density at radius 3 is 2.56 bits per heavy atom. The molecule has 0 atom stereocenters. The molecule has 1 amide bonds. The number of para-hydroxylation sites is 1. The molecule has 1 saturated heterocycles. The summed E-state index contributed by atoms with van der Waals surface area (Å²) in [6.45, 7) is 7.92. The Morgan fingerprint density at radius 2 is 1.88 bits per heavy atom. The Hall–Kier alpha value is -2.93. The summed E-state index contributed by atoms with van der Waals surface area (Å²) in [6, 6.07) is 10.8. The molecule has 0 N–H and O–H groups in total. The lowest BCUT2D eigenvalue weighted by Gasteiger charge is -2.43. The molecule has 1 aromatic heterocycles. The van der Waals surface area contributed by atoms with E-state index in [1.54, 1.807) is 29.3 Å². The fraction of sp³-hybridized carbons (Fsp3) is 0.480. The molecule has 170 valence electrons. The number of hydrogen-bond donors (Lipinski definition) is 0. The third-order valence-corrected chi connectivity index (χ3v) is 5.81. The van der Waals surface area contributed by atoms with Gasteiger partial charge in [0, 0.05) is 38.2 Å². The van der Waals surface area contributed by atoms with E-state index < -0.39 is 5.60 Å². The first-order chi connectivity index (χ1) is 15.2. The highest BCUT2D eigenvalue weighted by Gasteiger charge is 2.43. The number of ether oxygens (including phenoxy) is 3. The van der Waals surface area contributed by atoms with E-state index in [0.717, 1.165) is 0 Å². The van der Waals surface area contributed by atoms with E-state index in [9.17, 15) is 9.59 Å². The van der Waals surface area contributed by atoms with Gasteiger partial charge in [-0.15, -0.1) is 0 Å². The second-order valence-corrected chi connectivity index (χ2v) is 9.37. The summed E-state index contributed by atoms with van der Waals surface area (Å²) in [4.78, 5) is 31.6. The number of fused-ring (bicyclic) bond motifs is 1. The largest absolute Gasteiger partial charge is 0.486 e. The van der Waals surface area contributed by atoms with Crippen LogP contribution in [0.3, 0.4) is 0 Å². The maximum Gasteiger partial charge on any atom is 0.255 e. The number of ketones is 1. The van der Waals surface area contributed by atoms with E-state index >= 15 is 0 Å². The zero-order chi connectivity index (χ0) is 22.8. The maximum absolute atomic E-state index is 12.9. The van der Waals surface area contributed by atoms with Crippen LogP contribution in [-0.2, 0) is 4.74 Å². The van der Waals surface area contributed by atoms with Crippen LogP contribution in [0.1, 0.15) is 60.7 Å². The molecule has 7 heteroatoms. The van der Waals surface area contributed by atoms with Crippen LogP contribution in [0, 0.1) is 0 Å². The zero-order valence-corrected chi connectivity index (χ0v) is 18.9. The third-order valence-electron chi connectivity index (χ3n) is 5.81. The molecule has 0 radical (unpaired) electrons. The Labute approximate surface area is 188 Å². The van der Waals surface area contributed by atoms with E-state index in [0.29, 0.717) is 68.3 Å². The van der Waals surface area contributed by atoms with Gasteiger partial charge < -0.3 is 19.1 Å². The first-order valence-corrected chi connectivity index (χ1v) is 11.1. The molecule has 7 nitrogen and oxygen atoms in total. The number of rotatable bonds is 5. The van der Waals surface area contributed by atoms with E-state index in [-0.39, 0.29) is 17.3 Å². The standard InChI is InChI=1S/C25H30N2O5/c1-24(2,3)31-15-14-30-22-9-8-18(17-26-22)23(29)27-12-10-25(11-13-27)16-20(28)19-6-4-5-7-21(19)32-25/h4-9,17H,10-16H2,1-3H3. The van der Waals surface area contributed by atoms with Crippen molar-refractivity contribution >= 4 is 11.7 Å². The average Bonchev–Trinajstić information content (AvgIpc) is 2.77. The number of benzene rings is 1. The van der Waals surface area contributed by atoms with Gasteiger partial charge >= 0.3 is 0 Å². The first-order valence-electron chi connectivity index (χ1n) is 11.1. The summed E-state index contributed by atoms with van der Waals surface area (Å²) in [5.41, 5.74) is 0.437. The molecule has 2 aliphatic heterocycles. The Bertz CT molecular complexity index is 973. The second kappa shape index (κ2) is 8.90. The minimum atomic E-state index is -0.521. The molecule has 2 aliphatic rings. The summed E-state index contributed by atoms with van der Waals surface area (Å²) in [5.74, 6) is 1.15. The average molecular weight is 439 g/mol. The summed E-state index contributed by atoms with van der Waals surface area (Å²) in [7, 11) is 0. The van der Waals surface area contributed by atoms with Gasteiger partial charge in [0.2, 0.25) is 5.88 Å². The molecular weight excluding hydrogens is 408 g/mol. The number of likely N-dealkylation sites (tertiary alicyclic amines) is 1. The van der Waals surface area contributed by atoms with Crippen LogP contribution in [0.5, 0.6) is 11.6 Å². The molecular formula is C25H30N2O5. The Morgan fingerprint density at radius 1 is 1.12 bits per heavy atom. The summed E-state index contributed by atoms with van der Waals surface area (Å²) >= 11 is 0. The van der Waals surface area contributed by atoms with Crippen LogP contribution >= 0.6 is 0 Å². The monoisotopic (exact) mass is 438 g/mol. The van der Waals surface area contributed by atoms with Gasteiger partial charge in [0.15, 0.2) is 5.78 Å². The van der Waals surface area contributed by atoms with E-state index in [4.69, 9.17) is 14.2 Å². The molecule has 2 aromatic rings. The van der Waals surface area contributed by atoms with Crippen molar-refractivity contribution in [2.45, 2.75) is 51.2 Å². The SMILES string of the molecule is CC(C)(C)OCCOc1ccc(C(=O)N2CCC3(CC2)CC(=O)c2ccccc2O3)cn1. The van der Waals surface area contributed by atoms with Gasteiger partial charge in [0.25, 0.3) is 5.91 Å². The summed E-state index contributed by atoms with van der Waals surface area (Å²) < 4.78 is 17.5. The molecule has 0 aliphatic carbocycles. The Kier molecular flexibility index (Phi) is 6.20. The van der Waals surface area contributed by atoms with Crippen molar-refractivity contribution < 1.29 is 23.8 Å².